The Morgan fingerprint density at radius 2 is 1.95 bits per heavy atom. The molecule has 1 aromatic carbocycles. The molecular weight excluding hydrogens is 272 g/mol. The standard InChI is InChI=1S/C15H20N2O2S/c1-11-6-8-13(9-7-11)20(18,19)17-16-15-5-3-2-4-12-10-14(12)15/h6-9,12,14,17H,2-5,10H2,1H3/t12-,14-/m1/s1. The summed E-state index contributed by atoms with van der Waals surface area (Å²) >= 11 is 0. The Bertz CT molecular complexity index is 620. The first-order chi connectivity index (χ1) is 9.56. The van der Waals surface area contributed by atoms with Crippen molar-refractivity contribution in [2.75, 3.05) is 0 Å². The fourth-order valence-corrected chi connectivity index (χ4v) is 3.74. The van der Waals surface area contributed by atoms with E-state index in [0.717, 1.165) is 30.0 Å². The first-order valence-corrected chi connectivity index (χ1v) is 8.69. The summed E-state index contributed by atoms with van der Waals surface area (Å²) in [7, 11) is -3.53. The van der Waals surface area contributed by atoms with Crippen LogP contribution >= 0.6 is 0 Å². The van der Waals surface area contributed by atoms with Crippen LogP contribution in [-0.4, -0.2) is 14.1 Å². The summed E-state index contributed by atoms with van der Waals surface area (Å²) in [4.78, 5) is 2.68. The zero-order chi connectivity index (χ0) is 14.2. The first-order valence-electron chi connectivity index (χ1n) is 7.21. The molecule has 0 saturated heterocycles. The number of nitrogens with zero attached hydrogens (tertiary/aromatic N) is 1. The molecule has 0 heterocycles. The summed E-state index contributed by atoms with van der Waals surface area (Å²) in [5, 5.41) is 4.22. The van der Waals surface area contributed by atoms with Gasteiger partial charge in [-0.25, -0.2) is 4.83 Å². The number of aryl methyl sites for hydroxylation is 1. The molecule has 108 valence electrons. The fourth-order valence-electron chi connectivity index (χ4n) is 2.90. The monoisotopic (exact) mass is 292 g/mol. The minimum atomic E-state index is -3.53. The zero-order valence-electron chi connectivity index (χ0n) is 11.7. The number of nitrogens with one attached hydrogen (secondary N) is 1. The van der Waals surface area contributed by atoms with Crippen LogP contribution < -0.4 is 4.83 Å². The fraction of sp³-hybridized carbons (Fsp3) is 0.533. The second-order valence-corrected chi connectivity index (χ2v) is 7.52. The summed E-state index contributed by atoms with van der Waals surface area (Å²) in [5.41, 5.74) is 2.09. The molecule has 5 heteroatoms. The predicted molar refractivity (Wildman–Crippen MR) is 79.0 cm³/mol. The summed E-state index contributed by atoms with van der Waals surface area (Å²) in [6, 6.07) is 6.82. The van der Waals surface area contributed by atoms with E-state index in [4.69, 9.17) is 0 Å². The average molecular weight is 292 g/mol. The molecule has 1 N–H and O–H groups in total. The molecule has 0 aromatic heterocycles. The van der Waals surface area contributed by atoms with E-state index in [1.165, 1.54) is 19.3 Å². The molecule has 0 aliphatic heterocycles. The number of benzene rings is 1. The summed E-state index contributed by atoms with van der Waals surface area (Å²) in [6.07, 6.45) is 5.75. The van der Waals surface area contributed by atoms with Crippen LogP contribution in [0.2, 0.25) is 0 Å². The molecule has 2 saturated carbocycles. The van der Waals surface area contributed by atoms with Gasteiger partial charge in [0.15, 0.2) is 0 Å². The molecule has 3 rings (SSSR count). The van der Waals surface area contributed by atoms with E-state index in [9.17, 15) is 8.42 Å². The SMILES string of the molecule is Cc1ccc(S(=O)(=O)NN=C2CCCC[C@@H]3C[C@@H]23)cc1. The lowest BCUT2D eigenvalue weighted by atomic mass is 10.1. The predicted octanol–water partition coefficient (Wildman–Crippen LogP) is 2.84. The van der Waals surface area contributed by atoms with Gasteiger partial charge < -0.3 is 0 Å². The maximum absolute atomic E-state index is 12.2. The third kappa shape index (κ3) is 2.87. The Kier molecular flexibility index (Phi) is 3.54. The number of hydrazone groups is 1. The third-order valence-electron chi connectivity index (χ3n) is 4.25. The normalized spacial score (nSPS) is 27.8. The zero-order valence-corrected chi connectivity index (χ0v) is 12.5. The molecule has 0 spiro atoms. The summed E-state index contributed by atoms with van der Waals surface area (Å²) in [6.45, 7) is 1.93. The van der Waals surface area contributed by atoms with Gasteiger partial charge in [-0.3, -0.25) is 0 Å². The van der Waals surface area contributed by atoms with E-state index in [0.29, 0.717) is 5.92 Å². The lowest BCUT2D eigenvalue weighted by Gasteiger charge is -2.07. The second-order valence-electron chi connectivity index (χ2n) is 5.86. The van der Waals surface area contributed by atoms with Gasteiger partial charge >= 0.3 is 0 Å². The van der Waals surface area contributed by atoms with Crippen molar-refractivity contribution >= 4 is 15.7 Å². The lowest BCUT2D eigenvalue weighted by Crippen LogP contribution is -2.21. The van der Waals surface area contributed by atoms with Crippen molar-refractivity contribution in [1.82, 2.24) is 4.83 Å². The molecule has 0 bridgehead atoms. The van der Waals surface area contributed by atoms with Gasteiger partial charge in [-0.2, -0.15) is 13.5 Å². The Hall–Kier alpha value is -1.36. The highest BCUT2D eigenvalue weighted by molar-refractivity contribution is 7.89. The van der Waals surface area contributed by atoms with Gasteiger partial charge in [0.2, 0.25) is 0 Å². The van der Waals surface area contributed by atoms with Crippen LogP contribution in [0.1, 0.15) is 37.7 Å². The highest BCUT2D eigenvalue weighted by Crippen LogP contribution is 2.46. The Labute approximate surface area is 120 Å². The van der Waals surface area contributed by atoms with E-state index >= 15 is 0 Å². The lowest BCUT2D eigenvalue weighted by molar-refractivity contribution is 0.584. The number of fused-ring (bicyclic) bond motifs is 1. The molecule has 0 radical (unpaired) electrons. The molecular formula is C15H20N2O2S. The highest BCUT2D eigenvalue weighted by atomic mass is 32.2. The molecule has 2 aliphatic carbocycles. The van der Waals surface area contributed by atoms with Crippen molar-refractivity contribution in [3.63, 3.8) is 0 Å². The van der Waals surface area contributed by atoms with Crippen LogP contribution in [-0.2, 0) is 10.0 Å². The van der Waals surface area contributed by atoms with Gasteiger partial charge in [0.1, 0.15) is 0 Å². The molecule has 2 fully saturated rings. The Morgan fingerprint density at radius 1 is 1.20 bits per heavy atom. The first kappa shape index (κ1) is 13.6. The molecule has 0 unspecified atom stereocenters. The van der Waals surface area contributed by atoms with E-state index in [1.54, 1.807) is 24.3 Å². The van der Waals surface area contributed by atoms with Gasteiger partial charge in [0.05, 0.1) is 4.90 Å². The third-order valence-corrected chi connectivity index (χ3v) is 5.47. The minimum Gasteiger partial charge on any atom is -0.200 e. The molecule has 4 nitrogen and oxygen atoms in total. The smallest absolute Gasteiger partial charge is 0.200 e. The van der Waals surface area contributed by atoms with Gasteiger partial charge in [-0.1, -0.05) is 24.1 Å². The minimum absolute atomic E-state index is 0.272. The number of sulfonamides is 1. The van der Waals surface area contributed by atoms with E-state index in [1.807, 2.05) is 6.92 Å². The topological polar surface area (TPSA) is 58.5 Å². The van der Waals surface area contributed by atoms with E-state index in [2.05, 4.69) is 9.93 Å². The number of hydrogen-bond acceptors (Lipinski definition) is 3. The van der Waals surface area contributed by atoms with Crippen molar-refractivity contribution in [3.05, 3.63) is 29.8 Å². The number of hydrogen-bond donors (Lipinski definition) is 1. The van der Waals surface area contributed by atoms with Crippen molar-refractivity contribution in [3.8, 4) is 0 Å². The van der Waals surface area contributed by atoms with Gasteiger partial charge in [0, 0.05) is 11.6 Å². The molecule has 20 heavy (non-hydrogen) atoms. The van der Waals surface area contributed by atoms with Crippen molar-refractivity contribution < 1.29 is 8.42 Å². The summed E-state index contributed by atoms with van der Waals surface area (Å²) in [5.74, 6) is 1.28. The maximum Gasteiger partial charge on any atom is 0.276 e. The molecule has 0 amide bonds. The van der Waals surface area contributed by atoms with Crippen molar-refractivity contribution in [2.24, 2.45) is 16.9 Å². The van der Waals surface area contributed by atoms with Crippen LogP contribution in [0.25, 0.3) is 0 Å². The van der Waals surface area contributed by atoms with E-state index in [-0.39, 0.29) is 4.90 Å². The molecule has 1 aromatic rings. The van der Waals surface area contributed by atoms with Crippen LogP contribution in [0, 0.1) is 18.8 Å². The number of rotatable bonds is 3. The molecule has 2 atom stereocenters. The van der Waals surface area contributed by atoms with Gasteiger partial charge in [-0.15, -0.1) is 0 Å². The second kappa shape index (κ2) is 5.20. The van der Waals surface area contributed by atoms with Gasteiger partial charge in [-0.05, 0) is 50.7 Å². The quantitative estimate of drug-likeness (QED) is 0.871. The van der Waals surface area contributed by atoms with Crippen molar-refractivity contribution in [2.45, 2.75) is 43.9 Å². The van der Waals surface area contributed by atoms with E-state index < -0.39 is 10.0 Å². The molecule has 2 aliphatic rings. The summed E-state index contributed by atoms with van der Waals surface area (Å²) < 4.78 is 24.3. The van der Waals surface area contributed by atoms with Crippen LogP contribution in [0.3, 0.4) is 0 Å². The average Bonchev–Trinajstić information content (AvgIpc) is 3.17. The Balaban J connectivity index is 1.75. The highest BCUT2D eigenvalue weighted by Gasteiger charge is 2.41. The van der Waals surface area contributed by atoms with Crippen LogP contribution in [0.5, 0.6) is 0 Å². The van der Waals surface area contributed by atoms with Crippen LogP contribution in [0.15, 0.2) is 34.3 Å². The van der Waals surface area contributed by atoms with Crippen LogP contribution in [0.4, 0.5) is 0 Å². The van der Waals surface area contributed by atoms with Gasteiger partial charge in [0.25, 0.3) is 10.0 Å². The van der Waals surface area contributed by atoms with Crippen molar-refractivity contribution in [1.29, 1.82) is 0 Å². The largest absolute Gasteiger partial charge is 0.276 e. The Morgan fingerprint density at radius 3 is 2.70 bits per heavy atom. The maximum atomic E-state index is 12.2.